The van der Waals surface area contributed by atoms with Gasteiger partial charge >= 0.3 is 6.18 Å². The average molecular weight is 280 g/mol. The number of benzene rings is 2. The molecule has 0 saturated carbocycles. The van der Waals surface area contributed by atoms with Crippen LogP contribution < -0.4 is 4.74 Å². The number of aryl methyl sites for hydroxylation is 1. The molecule has 0 N–H and O–H groups in total. The molecule has 0 aliphatic carbocycles. The normalized spacial score (nSPS) is 11.4. The van der Waals surface area contributed by atoms with Crippen LogP contribution in [0.5, 0.6) is 5.75 Å². The zero-order valence-electron chi connectivity index (χ0n) is 11.1. The van der Waals surface area contributed by atoms with Crippen molar-refractivity contribution in [2.24, 2.45) is 0 Å². The molecule has 0 aromatic heterocycles. The van der Waals surface area contributed by atoms with E-state index in [4.69, 9.17) is 4.74 Å². The van der Waals surface area contributed by atoms with E-state index in [1.165, 1.54) is 5.56 Å². The molecule has 20 heavy (non-hydrogen) atoms. The minimum Gasteiger partial charge on any atom is -0.483 e. The molecule has 2 aromatic rings. The molecule has 0 fully saturated rings. The first kappa shape index (κ1) is 14.4. The second kappa shape index (κ2) is 5.99. The first-order valence-corrected chi connectivity index (χ1v) is 6.37. The van der Waals surface area contributed by atoms with E-state index < -0.39 is 12.8 Å². The Morgan fingerprint density at radius 2 is 1.60 bits per heavy atom. The third-order valence-electron chi connectivity index (χ3n) is 2.95. The van der Waals surface area contributed by atoms with Gasteiger partial charge in [0.2, 0.25) is 0 Å². The molecule has 0 amide bonds. The third kappa shape index (κ3) is 3.76. The van der Waals surface area contributed by atoms with E-state index in [0.29, 0.717) is 5.56 Å². The molecular weight excluding hydrogens is 265 g/mol. The summed E-state index contributed by atoms with van der Waals surface area (Å²) in [6.07, 6.45) is -3.41. The minimum atomic E-state index is -4.33. The summed E-state index contributed by atoms with van der Waals surface area (Å²) in [4.78, 5) is 0. The summed E-state index contributed by atoms with van der Waals surface area (Å²) in [5.74, 6) is 0.245. The molecule has 2 rings (SSSR count). The molecule has 2 aromatic carbocycles. The van der Waals surface area contributed by atoms with Crippen LogP contribution in [0.25, 0.3) is 11.1 Å². The molecule has 1 nitrogen and oxygen atoms in total. The quantitative estimate of drug-likeness (QED) is 0.777. The molecule has 4 heteroatoms. The Labute approximate surface area is 116 Å². The van der Waals surface area contributed by atoms with Crippen molar-refractivity contribution in [3.05, 3.63) is 54.1 Å². The molecule has 0 bridgehead atoms. The van der Waals surface area contributed by atoms with Crippen LogP contribution in [0.15, 0.2) is 48.5 Å². The number of hydrogen-bond donors (Lipinski definition) is 0. The van der Waals surface area contributed by atoms with Gasteiger partial charge in [0.25, 0.3) is 0 Å². The predicted molar refractivity (Wildman–Crippen MR) is 72.8 cm³/mol. The fraction of sp³-hybridized carbons (Fsp3) is 0.250. The van der Waals surface area contributed by atoms with Crippen LogP contribution >= 0.6 is 0 Å². The van der Waals surface area contributed by atoms with Gasteiger partial charge in [-0.1, -0.05) is 49.4 Å². The Balaban J connectivity index is 2.26. The molecule has 106 valence electrons. The maximum absolute atomic E-state index is 12.2. The molecule has 0 atom stereocenters. The molecule has 0 unspecified atom stereocenters. The zero-order valence-corrected chi connectivity index (χ0v) is 11.1. The maximum Gasteiger partial charge on any atom is 0.422 e. The summed E-state index contributed by atoms with van der Waals surface area (Å²) in [6.45, 7) is 0.770. The number of rotatable bonds is 4. The van der Waals surface area contributed by atoms with Crippen molar-refractivity contribution >= 4 is 0 Å². The maximum atomic E-state index is 12.2. The van der Waals surface area contributed by atoms with Crippen molar-refractivity contribution in [1.82, 2.24) is 0 Å². The predicted octanol–water partition coefficient (Wildman–Crippen LogP) is 4.86. The van der Waals surface area contributed by atoms with Crippen molar-refractivity contribution in [3.8, 4) is 16.9 Å². The Hall–Kier alpha value is -1.97. The lowest BCUT2D eigenvalue weighted by Gasteiger charge is -2.13. The van der Waals surface area contributed by atoms with E-state index in [2.05, 4.69) is 6.92 Å². The van der Waals surface area contributed by atoms with Crippen molar-refractivity contribution in [3.63, 3.8) is 0 Å². The van der Waals surface area contributed by atoms with Gasteiger partial charge in [-0.2, -0.15) is 13.2 Å². The van der Waals surface area contributed by atoms with Crippen molar-refractivity contribution < 1.29 is 17.9 Å². The van der Waals surface area contributed by atoms with Gasteiger partial charge in [0.05, 0.1) is 0 Å². The molecule has 0 aliphatic rings. The van der Waals surface area contributed by atoms with Gasteiger partial charge in [-0.3, -0.25) is 0 Å². The first-order valence-electron chi connectivity index (χ1n) is 6.37. The van der Waals surface area contributed by atoms with Gasteiger partial charge in [0.15, 0.2) is 6.61 Å². The van der Waals surface area contributed by atoms with Crippen LogP contribution in [0.1, 0.15) is 12.5 Å². The van der Waals surface area contributed by atoms with Gasteiger partial charge in [0.1, 0.15) is 5.75 Å². The Bertz CT molecular complexity index is 559. The van der Waals surface area contributed by atoms with E-state index in [1.54, 1.807) is 24.3 Å². The molecule has 0 radical (unpaired) electrons. The average Bonchev–Trinajstić information content (AvgIpc) is 2.45. The smallest absolute Gasteiger partial charge is 0.422 e. The third-order valence-corrected chi connectivity index (χ3v) is 2.95. The standard InChI is InChI=1S/C16H15F3O/c1-2-12-7-9-13(10-8-12)14-5-3-4-6-15(14)20-11-16(17,18)19/h3-10H,2,11H2,1H3. The number of ether oxygens (including phenoxy) is 1. The zero-order chi connectivity index (χ0) is 14.6. The molecule has 0 aliphatic heterocycles. The Morgan fingerprint density at radius 1 is 0.950 bits per heavy atom. The van der Waals surface area contributed by atoms with Crippen LogP contribution in [0.4, 0.5) is 13.2 Å². The van der Waals surface area contributed by atoms with Crippen LogP contribution in [-0.2, 0) is 6.42 Å². The molecular formula is C16H15F3O. The van der Waals surface area contributed by atoms with Crippen LogP contribution in [0.2, 0.25) is 0 Å². The van der Waals surface area contributed by atoms with Gasteiger partial charge in [0, 0.05) is 5.56 Å². The highest BCUT2D eigenvalue weighted by Gasteiger charge is 2.28. The minimum absolute atomic E-state index is 0.245. The lowest BCUT2D eigenvalue weighted by Crippen LogP contribution is -2.19. The number of alkyl halides is 3. The van der Waals surface area contributed by atoms with E-state index in [0.717, 1.165) is 12.0 Å². The van der Waals surface area contributed by atoms with E-state index in [1.807, 2.05) is 24.3 Å². The highest BCUT2D eigenvalue weighted by atomic mass is 19.4. The topological polar surface area (TPSA) is 9.23 Å². The number of halogens is 3. The largest absolute Gasteiger partial charge is 0.483 e. The number of para-hydroxylation sites is 1. The van der Waals surface area contributed by atoms with Crippen LogP contribution in [0.3, 0.4) is 0 Å². The van der Waals surface area contributed by atoms with Gasteiger partial charge in [-0.25, -0.2) is 0 Å². The summed E-state index contributed by atoms with van der Waals surface area (Å²) >= 11 is 0. The summed E-state index contributed by atoms with van der Waals surface area (Å²) in [6, 6.07) is 14.5. The summed E-state index contributed by atoms with van der Waals surface area (Å²) < 4.78 is 41.6. The van der Waals surface area contributed by atoms with E-state index in [-0.39, 0.29) is 5.75 Å². The van der Waals surface area contributed by atoms with Gasteiger partial charge in [-0.05, 0) is 23.6 Å². The molecule has 0 heterocycles. The first-order chi connectivity index (χ1) is 9.49. The Kier molecular flexibility index (Phi) is 4.32. The van der Waals surface area contributed by atoms with E-state index in [9.17, 15) is 13.2 Å². The fourth-order valence-electron chi connectivity index (χ4n) is 1.91. The highest BCUT2D eigenvalue weighted by molar-refractivity contribution is 5.70. The second-order valence-corrected chi connectivity index (χ2v) is 4.45. The molecule has 0 saturated heterocycles. The lowest BCUT2D eigenvalue weighted by atomic mass is 10.0. The van der Waals surface area contributed by atoms with Gasteiger partial charge in [-0.15, -0.1) is 0 Å². The highest BCUT2D eigenvalue weighted by Crippen LogP contribution is 2.31. The summed E-state index contributed by atoms with van der Waals surface area (Å²) in [5, 5.41) is 0. The molecule has 0 spiro atoms. The van der Waals surface area contributed by atoms with Crippen molar-refractivity contribution in [2.45, 2.75) is 19.5 Å². The SMILES string of the molecule is CCc1ccc(-c2ccccc2OCC(F)(F)F)cc1. The summed E-state index contributed by atoms with van der Waals surface area (Å²) in [5.41, 5.74) is 2.70. The lowest BCUT2D eigenvalue weighted by molar-refractivity contribution is -0.153. The summed E-state index contributed by atoms with van der Waals surface area (Å²) in [7, 11) is 0. The fourth-order valence-corrected chi connectivity index (χ4v) is 1.91. The monoisotopic (exact) mass is 280 g/mol. The van der Waals surface area contributed by atoms with Crippen LogP contribution in [0, 0.1) is 0 Å². The van der Waals surface area contributed by atoms with Crippen molar-refractivity contribution in [2.75, 3.05) is 6.61 Å². The van der Waals surface area contributed by atoms with E-state index >= 15 is 0 Å². The van der Waals surface area contributed by atoms with Crippen LogP contribution in [-0.4, -0.2) is 12.8 Å². The van der Waals surface area contributed by atoms with Gasteiger partial charge < -0.3 is 4.74 Å². The Morgan fingerprint density at radius 3 is 2.20 bits per heavy atom. The van der Waals surface area contributed by atoms with Crippen molar-refractivity contribution in [1.29, 1.82) is 0 Å². The second-order valence-electron chi connectivity index (χ2n) is 4.45. The number of hydrogen-bond acceptors (Lipinski definition) is 1.